The van der Waals surface area contributed by atoms with E-state index in [2.05, 4.69) is 30.2 Å². The number of alkyl halides is 18. The number of hydrogen-bond donors (Lipinski definition) is 6. The van der Waals surface area contributed by atoms with Crippen molar-refractivity contribution in [1.29, 1.82) is 0 Å². The number of ether oxygens (including phenoxy) is 3. The van der Waals surface area contributed by atoms with Crippen LogP contribution in [0, 0.1) is 16.2 Å². The second-order valence-electron chi connectivity index (χ2n) is 18.8. The van der Waals surface area contributed by atoms with Crippen molar-refractivity contribution in [2.45, 2.75) is 160 Å². The highest BCUT2D eigenvalue weighted by molar-refractivity contribution is 5.78. The molecule has 6 atom stereocenters. The molecule has 3 amide bonds. The summed E-state index contributed by atoms with van der Waals surface area (Å²) in [4.78, 5) is 35.7. The van der Waals surface area contributed by atoms with Gasteiger partial charge in [-0.25, -0.2) is 0 Å². The predicted octanol–water partition coefficient (Wildman–Crippen LogP) is 12.2. The van der Waals surface area contributed by atoms with E-state index in [1.165, 1.54) is 57.2 Å². The Labute approximate surface area is 439 Å². The van der Waals surface area contributed by atoms with Gasteiger partial charge in [-0.3, -0.25) is 14.4 Å². The number of benzene rings is 3. The zero-order valence-electron chi connectivity index (χ0n) is 40.9. The summed E-state index contributed by atoms with van der Waals surface area (Å²) in [5.41, 5.74) is -5.92. The lowest BCUT2D eigenvalue weighted by Gasteiger charge is -2.25. The molecule has 0 aliphatic heterocycles. The van der Waals surface area contributed by atoms with Gasteiger partial charge in [0.1, 0.15) is 17.2 Å². The molecule has 3 aliphatic rings. The van der Waals surface area contributed by atoms with Gasteiger partial charge >= 0.3 is 37.6 Å². The molecule has 0 bridgehead atoms. The van der Waals surface area contributed by atoms with E-state index >= 15 is 0 Å². The second kappa shape index (κ2) is 25.3. The first-order valence-corrected chi connectivity index (χ1v) is 23.2. The summed E-state index contributed by atoms with van der Waals surface area (Å²) in [6.07, 6.45) is -37.7. The summed E-state index contributed by atoms with van der Waals surface area (Å²) in [5.74, 6) is -3.94. The average molecular weight is 1170 g/mol. The van der Waals surface area contributed by atoms with Crippen LogP contribution in [0.25, 0.3) is 0 Å². The molecular formula is C49H55F18N3O9. The molecule has 0 aromatic heterocycles. The normalized spacial score (nSPS) is 18.5. The highest BCUT2D eigenvalue weighted by Gasteiger charge is 2.69. The number of halogens is 18. The van der Waals surface area contributed by atoms with Gasteiger partial charge in [0.05, 0.1) is 71.9 Å². The monoisotopic (exact) mass is 1170 g/mol. The molecule has 6 rings (SSSR count). The van der Waals surface area contributed by atoms with E-state index in [1.807, 2.05) is 0 Å². The molecule has 0 spiro atoms. The fourth-order valence-electron chi connectivity index (χ4n) is 8.03. The van der Waals surface area contributed by atoms with Crippen molar-refractivity contribution < 1.29 is 123 Å². The van der Waals surface area contributed by atoms with Gasteiger partial charge in [-0.1, -0.05) is 43.8 Å². The number of carbonyl (C=O) groups excluding carboxylic acids is 3. The largest absolute Gasteiger partial charge is 0.573 e. The van der Waals surface area contributed by atoms with Crippen LogP contribution in [-0.2, 0) is 14.4 Å². The Bertz CT molecular complexity index is 2230. The number of aliphatic hydroxyl groups is 3. The second-order valence-corrected chi connectivity index (χ2v) is 18.8. The third-order valence-corrected chi connectivity index (χ3v) is 13.0. The van der Waals surface area contributed by atoms with Gasteiger partial charge in [0.15, 0.2) is 0 Å². The minimum Gasteiger partial charge on any atom is -0.406 e. The van der Waals surface area contributed by atoms with Crippen molar-refractivity contribution in [2.75, 3.05) is 0 Å². The van der Waals surface area contributed by atoms with Gasteiger partial charge in [0, 0.05) is 0 Å². The number of nitrogens with one attached hydrogen (secondary N) is 3. The number of carbonyl (C=O) groups is 3. The highest BCUT2D eigenvalue weighted by atomic mass is 19.4. The number of hydrogen-bond acceptors (Lipinski definition) is 9. The lowest BCUT2D eigenvalue weighted by atomic mass is 9.95. The summed E-state index contributed by atoms with van der Waals surface area (Å²) in [5, 5.41) is 36.4. The standard InChI is InChI=1S/3C16H17F6NO3.CH4/c3*1-9(10-3-2-4-11(7-10)26-16(20,21)22)23-13(25)8-12(24)14(5-6-14)15(17,18)19;/h3*2-4,7,9,12,24H,5-6,8H2,1H3,(H,23,25);1H4/t9-,12?;9-,12+;9-,12-;/m000./s1. The van der Waals surface area contributed by atoms with E-state index in [0.717, 1.165) is 36.4 Å². The van der Waals surface area contributed by atoms with Crippen LogP contribution in [0.1, 0.15) is 121 Å². The third kappa shape index (κ3) is 19.4. The van der Waals surface area contributed by atoms with Crippen molar-refractivity contribution in [3.8, 4) is 17.2 Å². The third-order valence-electron chi connectivity index (χ3n) is 13.0. The molecule has 79 heavy (non-hydrogen) atoms. The van der Waals surface area contributed by atoms with Gasteiger partial charge in [0.2, 0.25) is 17.7 Å². The van der Waals surface area contributed by atoms with Crippen molar-refractivity contribution in [2.24, 2.45) is 16.2 Å². The number of rotatable bonds is 18. The zero-order chi connectivity index (χ0) is 59.3. The Hall–Kier alpha value is -5.91. The van der Waals surface area contributed by atoms with Gasteiger partial charge in [0.25, 0.3) is 0 Å². The quantitative estimate of drug-likeness (QED) is 0.0677. The first kappa shape index (κ1) is 67.4. The Morgan fingerprint density at radius 1 is 0.430 bits per heavy atom. The average Bonchev–Trinajstić information content (AvgIpc) is 4.12. The molecule has 3 aromatic carbocycles. The van der Waals surface area contributed by atoms with Crippen LogP contribution >= 0.6 is 0 Å². The van der Waals surface area contributed by atoms with E-state index in [9.17, 15) is 109 Å². The van der Waals surface area contributed by atoms with Crippen LogP contribution in [0.2, 0.25) is 0 Å². The topological polar surface area (TPSA) is 176 Å². The molecule has 30 heteroatoms. The lowest BCUT2D eigenvalue weighted by Crippen LogP contribution is -2.40. The molecule has 446 valence electrons. The van der Waals surface area contributed by atoms with Gasteiger partial charge in [-0.15, -0.1) is 39.5 Å². The molecule has 3 aromatic rings. The van der Waals surface area contributed by atoms with E-state index in [4.69, 9.17) is 0 Å². The summed E-state index contributed by atoms with van der Waals surface area (Å²) in [6, 6.07) is 12.2. The van der Waals surface area contributed by atoms with Crippen molar-refractivity contribution in [3.63, 3.8) is 0 Å². The SMILES string of the molecule is C.C[C@H](NC(=O)CC(O)C1(C(F)(F)F)CC1)c1cccc(OC(F)(F)F)c1.C[C@H](NC(=O)C[C@@H](O)C1(C(F)(F)F)CC1)c1cccc(OC(F)(F)F)c1.C[C@H](NC(=O)C[C@H](O)C1(C(F)(F)F)CC1)c1cccc(OC(F)(F)F)c1. The van der Waals surface area contributed by atoms with E-state index < -0.39 is 145 Å². The Morgan fingerprint density at radius 2 is 0.633 bits per heavy atom. The summed E-state index contributed by atoms with van der Waals surface area (Å²) in [6.45, 7) is 4.36. The zero-order valence-corrected chi connectivity index (χ0v) is 40.9. The lowest BCUT2D eigenvalue weighted by molar-refractivity contribution is -0.275. The van der Waals surface area contributed by atoms with Crippen molar-refractivity contribution in [3.05, 3.63) is 89.5 Å². The van der Waals surface area contributed by atoms with Crippen LogP contribution in [0.5, 0.6) is 17.2 Å². The Kier molecular flexibility index (Phi) is 21.5. The fourth-order valence-corrected chi connectivity index (χ4v) is 8.03. The van der Waals surface area contributed by atoms with Crippen LogP contribution < -0.4 is 30.2 Å². The van der Waals surface area contributed by atoms with Crippen molar-refractivity contribution >= 4 is 17.7 Å². The summed E-state index contributed by atoms with van der Waals surface area (Å²) >= 11 is 0. The van der Waals surface area contributed by atoms with E-state index in [0.29, 0.717) is 0 Å². The maximum Gasteiger partial charge on any atom is 0.573 e. The Balaban J connectivity index is 0.000000309. The van der Waals surface area contributed by atoms with Gasteiger partial charge in [-0.05, 0) is 112 Å². The minimum absolute atomic E-state index is 0. The van der Waals surface area contributed by atoms with Crippen LogP contribution in [0.15, 0.2) is 72.8 Å². The first-order valence-electron chi connectivity index (χ1n) is 23.2. The van der Waals surface area contributed by atoms with Crippen LogP contribution in [-0.4, -0.2) is 89.0 Å². The van der Waals surface area contributed by atoms with Gasteiger partial charge < -0.3 is 45.5 Å². The number of aliphatic hydroxyl groups excluding tert-OH is 3. The molecule has 3 aliphatic carbocycles. The first-order chi connectivity index (χ1) is 35.5. The van der Waals surface area contributed by atoms with E-state index in [1.54, 1.807) is 0 Å². The molecule has 12 nitrogen and oxygen atoms in total. The maximum atomic E-state index is 12.9. The molecule has 3 fully saturated rings. The fraction of sp³-hybridized carbons (Fsp3) is 0.571. The summed E-state index contributed by atoms with van der Waals surface area (Å²) < 4.78 is 238. The van der Waals surface area contributed by atoms with E-state index in [-0.39, 0.29) is 62.6 Å². The Morgan fingerprint density at radius 3 is 0.797 bits per heavy atom. The predicted molar refractivity (Wildman–Crippen MR) is 241 cm³/mol. The minimum atomic E-state index is -4.87. The molecule has 0 saturated heterocycles. The van der Waals surface area contributed by atoms with Gasteiger partial charge in [-0.2, -0.15) is 39.5 Å². The smallest absolute Gasteiger partial charge is 0.406 e. The van der Waals surface area contributed by atoms with Crippen LogP contribution in [0.4, 0.5) is 79.0 Å². The van der Waals surface area contributed by atoms with Crippen LogP contribution in [0.3, 0.4) is 0 Å². The molecule has 1 unspecified atom stereocenters. The molecule has 0 radical (unpaired) electrons. The number of amides is 3. The molecule has 0 heterocycles. The molecular weight excluding hydrogens is 1120 g/mol. The highest BCUT2D eigenvalue weighted by Crippen LogP contribution is 2.62. The maximum absolute atomic E-state index is 12.9. The molecule has 3 saturated carbocycles. The summed E-state index contributed by atoms with van der Waals surface area (Å²) in [7, 11) is 0. The molecule has 6 N–H and O–H groups in total. The van der Waals surface area contributed by atoms with Crippen molar-refractivity contribution in [1.82, 2.24) is 16.0 Å².